The molecule has 15 heteroatoms. The number of anilines is 2. The van der Waals surface area contributed by atoms with Gasteiger partial charge in [0.15, 0.2) is 0 Å². The molecule has 240 valence electrons. The number of nitro benzene ring substituents is 1. The summed E-state index contributed by atoms with van der Waals surface area (Å²) in [7, 11) is 0. The molecule has 13 nitrogen and oxygen atoms in total. The Morgan fingerprint density at radius 1 is 0.750 bits per heavy atom. The Balaban J connectivity index is 1.25. The van der Waals surface area contributed by atoms with Crippen molar-refractivity contribution >= 4 is 61.9 Å². The van der Waals surface area contributed by atoms with Crippen LogP contribution in [0.4, 0.5) is 16.0 Å². The molecule has 0 aliphatic carbocycles. The van der Waals surface area contributed by atoms with Crippen LogP contribution >= 0.6 is 22.7 Å². The van der Waals surface area contributed by atoms with Crippen LogP contribution in [0.1, 0.15) is 25.3 Å². The second-order valence-electron chi connectivity index (χ2n) is 11.2. The lowest BCUT2D eigenvalue weighted by molar-refractivity contribution is -0.384. The van der Waals surface area contributed by atoms with Crippen molar-refractivity contribution in [1.29, 1.82) is 0 Å². The zero-order chi connectivity index (χ0) is 33.7. The topological polar surface area (TPSA) is 175 Å². The summed E-state index contributed by atoms with van der Waals surface area (Å²) < 4.78 is 0. The maximum Gasteiger partial charge on any atom is 0.269 e. The van der Waals surface area contributed by atoms with Crippen LogP contribution in [0.2, 0.25) is 0 Å². The van der Waals surface area contributed by atoms with Crippen molar-refractivity contribution in [2.24, 2.45) is 22.0 Å². The lowest BCUT2D eigenvalue weighted by atomic mass is 9.73. The first-order valence-electron chi connectivity index (χ1n) is 14.6. The largest absolute Gasteiger partial charge is 0.507 e. The Morgan fingerprint density at radius 2 is 1.23 bits per heavy atom. The van der Waals surface area contributed by atoms with Gasteiger partial charge in [0.25, 0.3) is 17.5 Å². The van der Waals surface area contributed by atoms with E-state index in [4.69, 9.17) is 0 Å². The molecule has 3 aromatic carbocycles. The number of hydrogen-bond acceptors (Lipinski definition) is 12. The van der Waals surface area contributed by atoms with Crippen LogP contribution in [-0.4, -0.2) is 48.3 Å². The summed E-state index contributed by atoms with van der Waals surface area (Å²) in [5.74, 6) is -3.74. The SMILES string of the molecule is CC1=NN(c2nc(-c3ccccc3O)cs2)C(=O)[C@H]1C(c1cccc([N+](=O)[O-])c1)[C@@H]1C(=O)N(c2nc(-c3ccccc3O)cs2)N=C1C. The van der Waals surface area contributed by atoms with Crippen molar-refractivity contribution in [2.75, 3.05) is 10.0 Å². The lowest BCUT2D eigenvalue weighted by Gasteiger charge is -2.28. The molecule has 2 amide bonds. The van der Waals surface area contributed by atoms with Crippen LogP contribution in [0.5, 0.6) is 11.5 Å². The first kappa shape index (κ1) is 30.8. The van der Waals surface area contributed by atoms with E-state index in [1.54, 1.807) is 79.2 Å². The summed E-state index contributed by atoms with van der Waals surface area (Å²) in [6.45, 7) is 3.35. The normalized spacial score (nSPS) is 17.7. The minimum atomic E-state index is -0.989. The second kappa shape index (κ2) is 12.1. The zero-order valence-corrected chi connectivity index (χ0v) is 26.9. The quantitative estimate of drug-likeness (QED) is 0.140. The number of rotatable bonds is 8. The van der Waals surface area contributed by atoms with Crippen LogP contribution in [-0.2, 0) is 9.59 Å². The predicted octanol–water partition coefficient (Wildman–Crippen LogP) is 6.41. The zero-order valence-electron chi connectivity index (χ0n) is 25.3. The molecule has 4 heterocycles. The van der Waals surface area contributed by atoms with E-state index >= 15 is 0 Å². The van der Waals surface area contributed by atoms with E-state index in [1.165, 1.54) is 50.9 Å². The molecule has 0 radical (unpaired) electrons. The minimum Gasteiger partial charge on any atom is -0.507 e. The number of amides is 2. The van der Waals surface area contributed by atoms with E-state index in [0.717, 1.165) is 0 Å². The van der Waals surface area contributed by atoms with Gasteiger partial charge in [0.2, 0.25) is 10.3 Å². The molecule has 2 N–H and O–H groups in total. The third-order valence-electron chi connectivity index (χ3n) is 8.26. The number of para-hydroxylation sites is 2. The van der Waals surface area contributed by atoms with E-state index in [1.807, 2.05) is 0 Å². The molecule has 2 atom stereocenters. The number of aromatic nitrogens is 2. The standard InChI is InChI=1S/C33H25N7O6S2/c1-17-27(30(43)38(36-17)32-34-23(15-47-32)21-10-3-5-12-25(21)41)29(19-8-7-9-20(14-19)40(45)46)28-18(2)37-39(31(28)44)33-35-24(16-48-33)22-11-4-6-13-26(22)42/h3-16,27-29,41-42H,1-2H3/t27-,28-/m1/s1. The highest BCUT2D eigenvalue weighted by atomic mass is 32.1. The molecule has 2 aliphatic rings. The van der Waals surface area contributed by atoms with Crippen molar-refractivity contribution < 1.29 is 24.7 Å². The van der Waals surface area contributed by atoms with Crippen molar-refractivity contribution in [3.63, 3.8) is 0 Å². The molecule has 0 saturated heterocycles. The molecule has 5 aromatic rings. The Hall–Kier alpha value is -5.80. The Kier molecular flexibility index (Phi) is 7.77. The van der Waals surface area contributed by atoms with Gasteiger partial charge >= 0.3 is 0 Å². The van der Waals surface area contributed by atoms with Gasteiger partial charge in [-0.05, 0) is 43.7 Å². The fourth-order valence-corrected chi connectivity index (χ4v) is 7.59. The average molecular weight is 680 g/mol. The molecule has 0 unspecified atom stereocenters. The van der Waals surface area contributed by atoms with Crippen molar-refractivity contribution in [1.82, 2.24) is 9.97 Å². The number of carbonyl (C=O) groups is 2. The first-order valence-corrected chi connectivity index (χ1v) is 16.4. The van der Waals surface area contributed by atoms with Gasteiger partial charge in [-0.2, -0.15) is 20.2 Å². The monoisotopic (exact) mass is 679 g/mol. The van der Waals surface area contributed by atoms with Gasteiger partial charge in [0.05, 0.1) is 28.1 Å². The maximum absolute atomic E-state index is 14.3. The van der Waals surface area contributed by atoms with Gasteiger partial charge in [-0.25, -0.2) is 9.97 Å². The van der Waals surface area contributed by atoms with Gasteiger partial charge in [-0.3, -0.25) is 19.7 Å². The van der Waals surface area contributed by atoms with Gasteiger partial charge in [-0.1, -0.05) is 36.4 Å². The highest BCUT2D eigenvalue weighted by Crippen LogP contribution is 2.45. The van der Waals surface area contributed by atoms with Crippen LogP contribution in [0.15, 0.2) is 93.8 Å². The number of thiazole rings is 2. The molecular formula is C33H25N7O6S2. The number of carbonyl (C=O) groups excluding carboxylic acids is 2. The van der Waals surface area contributed by atoms with E-state index in [9.17, 15) is 29.9 Å². The van der Waals surface area contributed by atoms with Crippen LogP contribution in [0, 0.1) is 22.0 Å². The number of hydrogen-bond donors (Lipinski definition) is 2. The predicted molar refractivity (Wildman–Crippen MR) is 182 cm³/mol. The number of aromatic hydroxyl groups is 2. The first-order chi connectivity index (χ1) is 23.1. The van der Waals surface area contributed by atoms with E-state index in [2.05, 4.69) is 20.2 Å². The van der Waals surface area contributed by atoms with Crippen molar-refractivity contribution in [3.8, 4) is 34.0 Å². The van der Waals surface area contributed by atoms with E-state index < -0.39 is 34.5 Å². The molecular weight excluding hydrogens is 655 g/mol. The van der Waals surface area contributed by atoms with Crippen LogP contribution < -0.4 is 10.0 Å². The number of hydrazone groups is 2. The number of non-ortho nitro benzene ring substituents is 1. The number of benzene rings is 3. The highest BCUT2D eigenvalue weighted by Gasteiger charge is 2.51. The number of phenols is 2. The van der Waals surface area contributed by atoms with Crippen LogP contribution in [0.3, 0.4) is 0 Å². The highest BCUT2D eigenvalue weighted by molar-refractivity contribution is 7.14. The van der Waals surface area contributed by atoms with E-state index in [0.29, 0.717) is 39.5 Å². The molecule has 0 saturated carbocycles. The average Bonchev–Trinajstić information content (AvgIpc) is 3.87. The molecule has 0 spiro atoms. The summed E-state index contributed by atoms with van der Waals surface area (Å²) in [5.41, 5.74) is 2.91. The minimum absolute atomic E-state index is 0.0392. The second-order valence-corrected chi connectivity index (χ2v) is 12.9. The molecule has 0 fully saturated rings. The third-order valence-corrected chi connectivity index (χ3v) is 9.89. The molecule has 2 aliphatic heterocycles. The fourth-order valence-electron chi connectivity index (χ4n) is 6.03. The van der Waals surface area contributed by atoms with Crippen LogP contribution in [0.25, 0.3) is 22.5 Å². The summed E-state index contributed by atoms with van der Waals surface area (Å²) in [4.78, 5) is 48.9. The van der Waals surface area contributed by atoms with Crippen molar-refractivity contribution in [3.05, 3.63) is 99.2 Å². The van der Waals surface area contributed by atoms with Crippen molar-refractivity contribution in [2.45, 2.75) is 19.8 Å². The van der Waals surface area contributed by atoms with Gasteiger partial charge in [0, 0.05) is 51.4 Å². The molecule has 7 rings (SSSR count). The fraction of sp³-hybridized carbons (Fsp3) is 0.152. The van der Waals surface area contributed by atoms with Gasteiger partial charge in [-0.15, -0.1) is 22.7 Å². The lowest BCUT2D eigenvalue weighted by Crippen LogP contribution is -2.40. The van der Waals surface area contributed by atoms with E-state index in [-0.39, 0.29) is 27.4 Å². The Morgan fingerprint density at radius 3 is 1.69 bits per heavy atom. The number of nitro groups is 1. The Bertz CT molecular complexity index is 2050. The third kappa shape index (κ3) is 5.28. The van der Waals surface area contributed by atoms with Gasteiger partial charge < -0.3 is 10.2 Å². The smallest absolute Gasteiger partial charge is 0.269 e. The van der Waals surface area contributed by atoms with Gasteiger partial charge in [0.1, 0.15) is 11.5 Å². The summed E-state index contributed by atoms with van der Waals surface area (Å²) >= 11 is 2.33. The molecule has 48 heavy (non-hydrogen) atoms. The molecule has 0 bridgehead atoms. The number of phenolic OH excluding ortho intramolecular Hbond substituents is 2. The number of nitrogens with zero attached hydrogens (tertiary/aromatic N) is 7. The molecule has 2 aromatic heterocycles. The summed E-state index contributed by atoms with van der Waals surface area (Å²) in [6.07, 6.45) is 0. The Labute approximate surface area is 280 Å². The summed E-state index contributed by atoms with van der Waals surface area (Å²) in [5, 5.41) is 47.9. The summed E-state index contributed by atoms with van der Waals surface area (Å²) in [6, 6.07) is 19.3. The maximum atomic E-state index is 14.3.